The zero-order valence-corrected chi connectivity index (χ0v) is 14.4. The van der Waals surface area contributed by atoms with Gasteiger partial charge in [-0.25, -0.2) is 0 Å². The molecule has 0 radical (unpaired) electrons. The number of hydrogen-bond donors (Lipinski definition) is 1. The number of hydrazone groups is 1. The van der Waals surface area contributed by atoms with E-state index in [2.05, 4.69) is 21.0 Å². The van der Waals surface area contributed by atoms with Gasteiger partial charge in [0.25, 0.3) is 11.6 Å². The number of aliphatic hydroxyl groups is 1. The molecule has 24 heavy (non-hydrogen) atoms. The number of carbonyl (C=O) groups is 1. The predicted molar refractivity (Wildman–Crippen MR) is 85.3 cm³/mol. The SMILES string of the molecule is C[C@@H]1CCC[C@H]2C1=NN(C(=O)c1cccc(Br)c1)[C@]2(O)C(F)(F)F. The summed E-state index contributed by atoms with van der Waals surface area (Å²) in [6, 6.07) is 6.01. The van der Waals surface area contributed by atoms with Gasteiger partial charge in [-0.1, -0.05) is 35.3 Å². The minimum Gasteiger partial charge on any atom is -0.362 e. The van der Waals surface area contributed by atoms with Crippen LogP contribution < -0.4 is 0 Å². The van der Waals surface area contributed by atoms with Gasteiger partial charge < -0.3 is 5.11 Å². The van der Waals surface area contributed by atoms with Crippen molar-refractivity contribution in [3.05, 3.63) is 34.3 Å². The average molecular weight is 405 g/mol. The van der Waals surface area contributed by atoms with E-state index in [4.69, 9.17) is 0 Å². The Labute approximate surface area is 145 Å². The van der Waals surface area contributed by atoms with Crippen molar-refractivity contribution in [2.75, 3.05) is 0 Å². The zero-order chi connectivity index (χ0) is 17.7. The highest BCUT2D eigenvalue weighted by atomic mass is 79.9. The molecule has 0 aromatic heterocycles. The van der Waals surface area contributed by atoms with Gasteiger partial charge in [0, 0.05) is 15.7 Å². The summed E-state index contributed by atoms with van der Waals surface area (Å²) in [5.74, 6) is -2.37. The van der Waals surface area contributed by atoms with Crippen molar-refractivity contribution in [1.29, 1.82) is 0 Å². The van der Waals surface area contributed by atoms with Gasteiger partial charge in [-0.3, -0.25) is 4.79 Å². The highest BCUT2D eigenvalue weighted by molar-refractivity contribution is 9.10. The van der Waals surface area contributed by atoms with Crippen LogP contribution in [0, 0.1) is 11.8 Å². The molecule has 3 atom stereocenters. The zero-order valence-electron chi connectivity index (χ0n) is 12.8. The summed E-state index contributed by atoms with van der Waals surface area (Å²) in [4.78, 5) is 12.6. The van der Waals surface area contributed by atoms with Crippen molar-refractivity contribution in [3.63, 3.8) is 0 Å². The van der Waals surface area contributed by atoms with Gasteiger partial charge in [-0.15, -0.1) is 0 Å². The van der Waals surface area contributed by atoms with Crippen molar-refractivity contribution >= 4 is 27.5 Å². The van der Waals surface area contributed by atoms with Crippen molar-refractivity contribution in [2.45, 2.75) is 38.1 Å². The predicted octanol–water partition coefficient (Wildman–Crippen LogP) is 3.95. The average Bonchev–Trinajstić information content (AvgIpc) is 2.82. The third-order valence-corrected chi connectivity index (χ3v) is 5.19. The van der Waals surface area contributed by atoms with Crippen molar-refractivity contribution in [1.82, 2.24) is 5.01 Å². The molecule has 0 bridgehead atoms. The van der Waals surface area contributed by atoms with E-state index in [9.17, 15) is 23.1 Å². The molecule has 0 saturated heterocycles. The minimum atomic E-state index is -5.00. The fourth-order valence-corrected chi connectivity index (χ4v) is 3.84. The van der Waals surface area contributed by atoms with Crippen LogP contribution >= 0.6 is 15.9 Å². The van der Waals surface area contributed by atoms with E-state index < -0.39 is 23.7 Å². The summed E-state index contributed by atoms with van der Waals surface area (Å²) in [5.41, 5.74) is -3.01. The van der Waals surface area contributed by atoms with Crippen LogP contribution in [-0.4, -0.2) is 33.6 Å². The van der Waals surface area contributed by atoms with E-state index in [1.807, 2.05) is 0 Å². The lowest BCUT2D eigenvalue weighted by Gasteiger charge is -2.39. The lowest BCUT2D eigenvalue weighted by molar-refractivity contribution is -0.312. The molecule has 0 unspecified atom stereocenters. The molecule has 1 N–H and O–H groups in total. The van der Waals surface area contributed by atoms with E-state index >= 15 is 0 Å². The third kappa shape index (κ3) is 2.56. The third-order valence-electron chi connectivity index (χ3n) is 4.70. The molecule has 130 valence electrons. The number of nitrogens with zero attached hydrogens (tertiary/aromatic N) is 2. The van der Waals surface area contributed by atoms with Gasteiger partial charge in [0.05, 0.1) is 5.92 Å². The number of alkyl halides is 3. The molecule has 4 nitrogen and oxygen atoms in total. The summed E-state index contributed by atoms with van der Waals surface area (Å²) < 4.78 is 41.7. The molecule has 1 aliphatic heterocycles. The number of carbonyl (C=O) groups excluding carboxylic acids is 1. The molecule has 1 aromatic rings. The van der Waals surface area contributed by atoms with Crippen molar-refractivity contribution < 1.29 is 23.1 Å². The van der Waals surface area contributed by atoms with E-state index in [0.717, 1.165) is 0 Å². The maximum absolute atomic E-state index is 13.7. The van der Waals surface area contributed by atoms with E-state index in [-0.39, 0.29) is 28.6 Å². The number of benzene rings is 1. The normalized spacial score (nSPS) is 30.1. The molecule has 3 rings (SSSR count). The summed E-state index contributed by atoms with van der Waals surface area (Å²) >= 11 is 3.19. The van der Waals surface area contributed by atoms with Gasteiger partial charge in [0.1, 0.15) is 0 Å². The second-order valence-corrected chi connectivity index (χ2v) is 7.18. The van der Waals surface area contributed by atoms with Crippen LogP contribution in [0.4, 0.5) is 13.2 Å². The van der Waals surface area contributed by atoms with Crippen LogP contribution in [0.5, 0.6) is 0 Å². The molecular weight excluding hydrogens is 389 g/mol. The molecule has 1 aromatic carbocycles. The van der Waals surface area contributed by atoms with Crippen molar-refractivity contribution in [3.8, 4) is 0 Å². The molecule has 1 heterocycles. The van der Waals surface area contributed by atoms with Gasteiger partial charge in [-0.05, 0) is 37.0 Å². The second kappa shape index (κ2) is 5.84. The van der Waals surface area contributed by atoms with Crippen LogP contribution in [-0.2, 0) is 0 Å². The first-order chi connectivity index (χ1) is 11.2. The van der Waals surface area contributed by atoms with Gasteiger partial charge in [0.2, 0.25) is 0 Å². The maximum Gasteiger partial charge on any atom is 0.439 e. The number of rotatable bonds is 1. The first-order valence-electron chi connectivity index (χ1n) is 7.64. The molecule has 0 spiro atoms. The molecule has 1 fully saturated rings. The van der Waals surface area contributed by atoms with Crippen LogP contribution in [0.3, 0.4) is 0 Å². The number of amides is 1. The summed E-state index contributed by atoms with van der Waals surface area (Å²) in [6.45, 7) is 1.77. The second-order valence-electron chi connectivity index (χ2n) is 6.26. The lowest BCUT2D eigenvalue weighted by atomic mass is 9.75. The summed E-state index contributed by atoms with van der Waals surface area (Å²) in [5, 5.41) is 14.7. The number of halogens is 4. The standard InChI is InChI=1S/C16H16BrF3N2O2/c1-9-4-2-7-12-13(9)21-22(15(12,24)16(18,19)20)14(23)10-5-3-6-11(17)8-10/h3,5-6,8-9,12,24H,2,4,7H2,1H3/t9-,12+,15-/m1/s1. The summed E-state index contributed by atoms with van der Waals surface area (Å²) in [7, 11) is 0. The largest absolute Gasteiger partial charge is 0.439 e. The van der Waals surface area contributed by atoms with Gasteiger partial charge in [-0.2, -0.15) is 23.3 Å². The lowest BCUT2D eigenvalue weighted by Crippen LogP contribution is -2.61. The highest BCUT2D eigenvalue weighted by Crippen LogP contribution is 2.49. The molecule has 1 amide bonds. The van der Waals surface area contributed by atoms with E-state index in [1.54, 1.807) is 19.1 Å². The quantitative estimate of drug-likeness (QED) is 0.770. The fourth-order valence-electron chi connectivity index (χ4n) is 3.44. The topological polar surface area (TPSA) is 52.9 Å². The van der Waals surface area contributed by atoms with Gasteiger partial charge >= 0.3 is 6.18 Å². The molecule has 1 saturated carbocycles. The van der Waals surface area contributed by atoms with Crippen LogP contribution in [0.1, 0.15) is 36.5 Å². The molecule has 2 aliphatic rings. The number of hydrogen-bond acceptors (Lipinski definition) is 3. The van der Waals surface area contributed by atoms with Crippen LogP contribution in [0.25, 0.3) is 0 Å². The summed E-state index contributed by atoms with van der Waals surface area (Å²) in [6.07, 6.45) is -3.59. The Morgan fingerprint density at radius 3 is 2.75 bits per heavy atom. The Kier molecular flexibility index (Phi) is 4.24. The van der Waals surface area contributed by atoms with E-state index in [0.29, 0.717) is 17.3 Å². The Morgan fingerprint density at radius 1 is 1.42 bits per heavy atom. The van der Waals surface area contributed by atoms with Crippen LogP contribution in [0.15, 0.2) is 33.8 Å². The fraction of sp³-hybridized carbons (Fsp3) is 0.500. The Balaban J connectivity index is 2.08. The smallest absolute Gasteiger partial charge is 0.362 e. The molecule has 1 aliphatic carbocycles. The number of fused-ring (bicyclic) bond motifs is 1. The van der Waals surface area contributed by atoms with Crippen LogP contribution in [0.2, 0.25) is 0 Å². The maximum atomic E-state index is 13.7. The first-order valence-corrected chi connectivity index (χ1v) is 8.43. The molecule has 8 heteroatoms. The highest BCUT2D eigenvalue weighted by Gasteiger charge is 2.69. The van der Waals surface area contributed by atoms with E-state index in [1.165, 1.54) is 12.1 Å². The monoisotopic (exact) mass is 404 g/mol. The van der Waals surface area contributed by atoms with Crippen molar-refractivity contribution in [2.24, 2.45) is 16.9 Å². The molecular formula is C16H16BrF3N2O2. The Hall–Kier alpha value is -1.41. The Bertz CT molecular complexity index is 707. The Morgan fingerprint density at radius 2 is 2.12 bits per heavy atom. The first kappa shape index (κ1) is 17.4. The minimum absolute atomic E-state index is 0.0303. The van der Waals surface area contributed by atoms with Gasteiger partial charge in [0.15, 0.2) is 0 Å².